The highest BCUT2D eigenvalue weighted by atomic mass is 14.9. The molecule has 0 saturated heterocycles. The Morgan fingerprint density at radius 3 is 2.25 bits per heavy atom. The summed E-state index contributed by atoms with van der Waals surface area (Å²) < 4.78 is 0. The van der Waals surface area contributed by atoms with E-state index in [1.165, 1.54) is 22.3 Å². The predicted octanol–water partition coefficient (Wildman–Crippen LogP) is 4.21. The van der Waals surface area contributed by atoms with Crippen molar-refractivity contribution in [1.82, 2.24) is 10.3 Å². The first kappa shape index (κ1) is 14.7. The number of nitrogens with one attached hydrogen (secondary N) is 1. The minimum atomic E-state index is 0.240. The van der Waals surface area contributed by atoms with Crippen LogP contribution < -0.4 is 5.32 Å². The van der Waals surface area contributed by atoms with Gasteiger partial charge < -0.3 is 5.32 Å². The van der Waals surface area contributed by atoms with Gasteiger partial charge >= 0.3 is 0 Å². The smallest absolute Gasteiger partial charge is 0.0580 e. The Morgan fingerprint density at radius 1 is 1.05 bits per heavy atom. The van der Waals surface area contributed by atoms with E-state index < -0.39 is 0 Å². The van der Waals surface area contributed by atoms with E-state index in [1.54, 1.807) is 0 Å². The van der Waals surface area contributed by atoms with Crippen LogP contribution in [0, 0.1) is 6.92 Å². The molecule has 2 nitrogen and oxygen atoms in total. The standard InChI is InChI=1S/C18H24N2/c1-5-20-18(17-10-11-19-12-14(17)4)16-8-6-15(7-9-16)13(2)3/h6-13,18,20H,5H2,1-4H3. The topological polar surface area (TPSA) is 24.9 Å². The SMILES string of the molecule is CCNC(c1ccc(C(C)C)cc1)c1ccncc1C. The number of aromatic nitrogens is 1. The molecule has 0 aliphatic carbocycles. The van der Waals surface area contributed by atoms with Crippen LogP contribution >= 0.6 is 0 Å². The lowest BCUT2D eigenvalue weighted by molar-refractivity contribution is 0.626. The first-order valence-corrected chi connectivity index (χ1v) is 7.37. The minimum absolute atomic E-state index is 0.240. The maximum Gasteiger partial charge on any atom is 0.0580 e. The van der Waals surface area contributed by atoms with E-state index in [4.69, 9.17) is 0 Å². The van der Waals surface area contributed by atoms with E-state index in [1.807, 2.05) is 12.4 Å². The van der Waals surface area contributed by atoms with Crippen LogP contribution in [-0.4, -0.2) is 11.5 Å². The predicted molar refractivity (Wildman–Crippen MR) is 85.0 cm³/mol. The number of aryl methyl sites for hydroxylation is 1. The van der Waals surface area contributed by atoms with Crippen molar-refractivity contribution >= 4 is 0 Å². The molecule has 1 unspecified atom stereocenters. The Balaban J connectivity index is 2.36. The molecule has 0 spiro atoms. The van der Waals surface area contributed by atoms with Crippen molar-refractivity contribution in [2.24, 2.45) is 0 Å². The van der Waals surface area contributed by atoms with Crippen LogP contribution in [0.4, 0.5) is 0 Å². The Kier molecular flexibility index (Phi) is 4.91. The lowest BCUT2D eigenvalue weighted by Crippen LogP contribution is -2.22. The van der Waals surface area contributed by atoms with Gasteiger partial charge in [0.25, 0.3) is 0 Å². The van der Waals surface area contributed by atoms with Crippen LogP contribution in [0.15, 0.2) is 42.7 Å². The van der Waals surface area contributed by atoms with E-state index in [0.29, 0.717) is 5.92 Å². The van der Waals surface area contributed by atoms with Gasteiger partial charge in [-0.3, -0.25) is 4.98 Å². The van der Waals surface area contributed by atoms with Crippen LogP contribution in [0.2, 0.25) is 0 Å². The first-order valence-electron chi connectivity index (χ1n) is 7.37. The third-order valence-electron chi connectivity index (χ3n) is 3.72. The second-order valence-electron chi connectivity index (χ2n) is 5.54. The van der Waals surface area contributed by atoms with Crippen LogP contribution in [0.1, 0.15) is 55.0 Å². The lowest BCUT2D eigenvalue weighted by atomic mass is 9.94. The van der Waals surface area contributed by atoms with Crippen LogP contribution in [0.25, 0.3) is 0 Å². The molecule has 0 radical (unpaired) electrons. The number of nitrogens with zero attached hydrogens (tertiary/aromatic N) is 1. The number of pyridine rings is 1. The molecule has 1 atom stereocenters. The quantitative estimate of drug-likeness (QED) is 0.878. The van der Waals surface area contributed by atoms with Gasteiger partial charge in [0, 0.05) is 12.4 Å². The maximum atomic E-state index is 4.19. The molecule has 1 heterocycles. The highest BCUT2D eigenvalue weighted by molar-refractivity contribution is 5.36. The summed E-state index contributed by atoms with van der Waals surface area (Å²) in [7, 11) is 0. The molecule has 0 saturated carbocycles. The van der Waals surface area contributed by atoms with Gasteiger partial charge in [-0.1, -0.05) is 45.0 Å². The Labute approximate surface area is 122 Å². The monoisotopic (exact) mass is 268 g/mol. The molecule has 0 fully saturated rings. The van der Waals surface area contributed by atoms with Crippen molar-refractivity contribution in [3.63, 3.8) is 0 Å². The molecule has 1 N–H and O–H groups in total. The molecule has 0 aliphatic rings. The van der Waals surface area contributed by atoms with Gasteiger partial charge in [0.1, 0.15) is 0 Å². The van der Waals surface area contributed by atoms with Crippen molar-refractivity contribution in [2.45, 2.75) is 39.7 Å². The Morgan fingerprint density at radius 2 is 1.70 bits per heavy atom. The summed E-state index contributed by atoms with van der Waals surface area (Å²) in [5, 5.41) is 3.58. The molecule has 0 amide bonds. The van der Waals surface area contributed by atoms with Gasteiger partial charge in [-0.2, -0.15) is 0 Å². The van der Waals surface area contributed by atoms with E-state index >= 15 is 0 Å². The summed E-state index contributed by atoms with van der Waals surface area (Å²) in [6.07, 6.45) is 3.80. The maximum absolute atomic E-state index is 4.19. The number of hydrogen-bond acceptors (Lipinski definition) is 2. The Hall–Kier alpha value is -1.67. The normalized spacial score (nSPS) is 12.7. The van der Waals surface area contributed by atoms with E-state index in [0.717, 1.165) is 6.54 Å². The summed E-state index contributed by atoms with van der Waals surface area (Å²) in [4.78, 5) is 4.19. The fourth-order valence-corrected chi connectivity index (χ4v) is 2.49. The zero-order valence-electron chi connectivity index (χ0n) is 12.9. The van der Waals surface area contributed by atoms with E-state index in [9.17, 15) is 0 Å². The number of rotatable bonds is 5. The molecule has 0 aliphatic heterocycles. The van der Waals surface area contributed by atoms with Gasteiger partial charge in [0.15, 0.2) is 0 Å². The van der Waals surface area contributed by atoms with Crippen molar-refractivity contribution in [3.8, 4) is 0 Å². The second kappa shape index (κ2) is 6.67. The molecular weight excluding hydrogens is 244 g/mol. The molecule has 1 aromatic heterocycles. The van der Waals surface area contributed by atoms with E-state index in [2.05, 4.69) is 68.3 Å². The van der Waals surface area contributed by atoms with E-state index in [-0.39, 0.29) is 6.04 Å². The average Bonchev–Trinajstić information content (AvgIpc) is 2.46. The lowest BCUT2D eigenvalue weighted by Gasteiger charge is -2.21. The molecular formula is C18H24N2. The summed E-state index contributed by atoms with van der Waals surface area (Å²) in [5.41, 5.74) is 5.23. The zero-order chi connectivity index (χ0) is 14.5. The van der Waals surface area contributed by atoms with Crippen LogP contribution in [0.5, 0.6) is 0 Å². The molecule has 2 aromatic rings. The first-order chi connectivity index (χ1) is 9.63. The van der Waals surface area contributed by atoms with Crippen molar-refractivity contribution < 1.29 is 0 Å². The third kappa shape index (κ3) is 3.26. The minimum Gasteiger partial charge on any atom is -0.307 e. The fourth-order valence-electron chi connectivity index (χ4n) is 2.49. The third-order valence-corrected chi connectivity index (χ3v) is 3.72. The molecule has 20 heavy (non-hydrogen) atoms. The molecule has 106 valence electrons. The van der Waals surface area contributed by atoms with Crippen molar-refractivity contribution in [2.75, 3.05) is 6.54 Å². The van der Waals surface area contributed by atoms with Gasteiger partial charge in [-0.05, 0) is 47.7 Å². The summed E-state index contributed by atoms with van der Waals surface area (Å²) >= 11 is 0. The summed E-state index contributed by atoms with van der Waals surface area (Å²) in [6, 6.07) is 11.3. The molecule has 1 aromatic carbocycles. The van der Waals surface area contributed by atoms with Gasteiger partial charge in [0.2, 0.25) is 0 Å². The molecule has 0 bridgehead atoms. The molecule has 2 rings (SSSR count). The summed E-state index contributed by atoms with van der Waals surface area (Å²) in [6.45, 7) is 9.66. The van der Waals surface area contributed by atoms with Gasteiger partial charge in [-0.25, -0.2) is 0 Å². The van der Waals surface area contributed by atoms with Crippen molar-refractivity contribution in [3.05, 3.63) is 65.0 Å². The largest absolute Gasteiger partial charge is 0.307 e. The number of hydrogen-bond donors (Lipinski definition) is 1. The van der Waals surface area contributed by atoms with Gasteiger partial charge in [0.05, 0.1) is 6.04 Å². The highest BCUT2D eigenvalue weighted by Crippen LogP contribution is 2.25. The second-order valence-corrected chi connectivity index (χ2v) is 5.54. The van der Waals surface area contributed by atoms with Crippen LogP contribution in [0.3, 0.4) is 0 Å². The van der Waals surface area contributed by atoms with Crippen molar-refractivity contribution in [1.29, 1.82) is 0 Å². The summed E-state index contributed by atoms with van der Waals surface area (Å²) in [5.74, 6) is 0.573. The fraction of sp³-hybridized carbons (Fsp3) is 0.389. The van der Waals surface area contributed by atoms with Gasteiger partial charge in [-0.15, -0.1) is 0 Å². The zero-order valence-corrected chi connectivity index (χ0v) is 12.9. The Bertz CT molecular complexity index is 544. The average molecular weight is 268 g/mol. The highest BCUT2D eigenvalue weighted by Gasteiger charge is 2.15. The number of benzene rings is 1. The molecule has 2 heteroatoms. The van der Waals surface area contributed by atoms with Crippen LogP contribution in [-0.2, 0) is 0 Å².